The molecule has 148 valence electrons. The maximum Gasteiger partial charge on any atom is 0.194 e. The van der Waals surface area contributed by atoms with Gasteiger partial charge in [0.25, 0.3) is 0 Å². The Kier molecular flexibility index (Phi) is 6.72. The molecule has 2 atom stereocenters. The Morgan fingerprint density at radius 2 is 2.19 bits per heavy atom. The number of nitrogens with one attached hydrogen (secondary N) is 1. The van der Waals surface area contributed by atoms with E-state index in [1.165, 1.54) is 12.8 Å². The van der Waals surface area contributed by atoms with Crippen molar-refractivity contribution in [2.75, 3.05) is 20.1 Å². The topological polar surface area (TPSA) is 76.2 Å². The van der Waals surface area contributed by atoms with E-state index in [4.69, 9.17) is 0 Å². The number of nitrogens with zero attached hydrogens (tertiary/aromatic N) is 7. The summed E-state index contributed by atoms with van der Waals surface area (Å²) < 4.78 is 4.48. The van der Waals surface area contributed by atoms with E-state index in [9.17, 15) is 0 Å². The van der Waals surface area contributed by atoms with Crippen LogP contribution in [0.25, 0.3) is 0 Å². The normalized spacial score (nSPS) is 22.9. The molecule has 0 saturated carbocycles. The molecule has 2 aromatic heterocycles. The number of halogens is 1. The minimum Gasteiger partial charge on any atom is -0.349 e. The van der Waals surface area contributed by atoms with Crippen LogP contribution in [0.4, 0.5) is 0 Å². The predicted molar refractivity (Wildman–Crippen MR) is 115 cm³/mol. The maximum atomic E-state index is 4.51. The van der Waals surface area contributed by atoms with Crippen molar-refractivity contribution < 1.29 is 0 Å². The molecule has 27 heavy (non-hydrogen) atoms. The zero-order chi connectivity index (χ0) is 17.9. The summed E-state index contributed by atoms with van der Waals surface area (Å²) in [5.41, 5.74) is 0. The molecule has 9 heteroatoms. The molecule has 0 aliphatic carbocycles. The minimum absolute atomic E-state index is 0. The van der Waals surface area contributed by atoms with Crippen LogP contribution in [0.5, 0.6) is 0 Å². The third-order valence-corrected chi connectivity index (χ3v) is 5.68. The maximum absolute atomic E-state index is 4.51. The molecule has 4 rings (SSSR count). The zero-order valence-corrected chi connectivity index (χ0v) is 18.4. The predicted octanol–water partition coefficient (Wildman–Crippen LogP) is 2.09. The third kappa shape index (κ3) is 4.27. The van der Waals surface area contributed by atoms with Crippen molar-refractivity contribution in [3.05, 3.63) is 30.4 Å². The highest BCUT2D eigenvalue weighted by atomic mass is 127. The first-order chi connectivity index (χ1) is 12.8. The van der Waals surface area contributed by atoms with Crippen molar-refractivity contribution in [2.24, 2.45) is 10.9 Å². The fraction of sp³-hybridized carbons (Fsp3) is 0.667. The van der Waals surface area contributed by atoms with Crippen molar-refractivity contribution >= 4 is 29.9 Å². The molecule has 2 aliphatic rings. The number of hydrogen-bond donors (Lipinski definition) is 1. The Morgan fingerprint density at radius 3 is 2.96 bits per heavy atom. The highest BCUT2D eigenvalue weighted by Crippen LogP contribution is 2.27. The lowest BCUT2D eigenvalue weighted by Crippen LogP contribution is -2.48. The lowest BCUT2D eigenvalue weighted by atomic mass is 9.93. The molecule has 8 nitrogen and oxygen atoms in total. The monoisotopic (exact) mass is 484 g/mol. The van der Waals surface area contributed by atoms with Gasteiger partial charge in [0.05, 0.1) is 18.9 Å². The average molecular weight is 484 g/mol. The molecule has 0 amide bonds. The number of guanidine groups is 1. The van der Waals surface area contributed by atoms with Gasteiger partial charge in [0.15, 0.2) is 11.8 Å². The summed E-state index contributed by atoms with van der Waals surface area (Å²) in [6.07, 6.45) is 10.4. The molecule has 0 bridgehead atoms. The molecule has 2 aliphatic heterocycles. The Balaban J connectivity index is 0.00000210. The Morgan fingerprint density at radius 1 is 1.30 bits per heavy atom. The minimum atomic E-state index is 0. The standard InChI is InChI=1S/C18H28N8.HI/c1-14-6-9-24(12-15(14)25-10-7-20-13-25)18(19-2)21-11-17-23-22-16-5-3-4-8-26(16)17;/h7,10,13-15H,3-6,8-9,11-12H2,1-2H3,(H,19,21);1H. The second-order valence-electron chi connectivity index (χ2n) is 7.33. The Bertz CT molecular complexity index is 754. The molecule has 1 fully saturated rings. The molecule has 4 heterocycles. The highest BCUT2D eigenvalue weighted by molar-refractivity contribution is 14.0. The summed E-state index contributed by atoms with van der Waals surface area (Å²) in [4.78, 5) is 11.1. The number of fused-ring (bicyclic) bond motifs is 1. The summed E-state index contributed by atoms with van der Waals surface area (Å²) in [5.74, 6) is 3.70. The van der Waals surface area contributed by atoms with Gasteiger partial charge in [-0.3, -0.25) is 4.99 Å². The van der Waals surface area contributed by atoms with E-state index in [0.717, 1.165) is 50.1 Å². The van der Waals surface area contributed by atoms with Crippen LogP contribution in [-0.4, -0.2) is 55.3 Å². The highest BCUT2D eigenvalue weighted by Gasteiger charge is 2.29. The number of imidazole rings is 1. The fourth-order valence-electron chi connectivity index (χ4n) is 4.08. The summed E-state index contributed by atoms with van der Waals surface area (Å²) in [6.45, 7) is 5.98. The fourth-order valence-corrected chi connectivity index (χ4v) is 4.08. The van der Waals surface area contributed by atoms with Crippen molar-refractivity contribution in [2.45, 2.75) is 51.7 Å². The van der Waals surface area contributed by atoms with Crippen molar-refractivity contribution in [3.63, 3.8) is 0 Å². The van der Waals surface area contributed by atoms with Gasteiger partial charge < -0.3 is 19.4 Å². The molecule has 0 aromatic carbocycles. The molecule has 1 N–H and O–H groups in total. The van der Waals surface area contributed by atoms with Gasteiger partial charge in [-0.05, 0) is 25.2 Å². The summed E-state index contributed by atoms with van der Waals surface area (Å²) in [7, 11) is 1.85. The lowest BCUT2D eigenvalue weighted by molar-refractivity contribution is 0.189. The smallest absolute Gasteiger partial charge is 0.194 e. The van der Waals surface area contributed by atoms with E-state index in [1.807, 2.05) is 19.6 Å². The van der Waals surface area contributed by atoms with E-state index in [-0.39, 0.29) is 24.0 Å². The SMILES string of the molecule is CN=C(NCc1nnc2n1CCCC2)N1CCC(C)C(n2ccnc2)C1.I. The van der Waals surface area contributed by atoms with Crippen LogP contribution in [0, 0.1) is 5.92 Å². The lowest BCUT2D eigenvalue weighted by Gasteiger charge is -2.39. The van der Waals surface area contributed by atoms with Crippen LogP contribution in [-0.2, 0) is 19.5 Å². The van der Waals surface area contributed by atoms with Gasteiger partial charge in [-0.1, -0.05) is 6.92 Å². The first-order valence-corrected chi connectivity index (χ1v) is 9.60. The molecule has 2 aromatic rings. The van der Waals surface area contributed by atoms with Crippen LogP contribution in [0.1, 0.15) is 43.9 Å². The third-order valence-electron chi connectivity index (χ3n) is 5.68. The second-order valence-corrected chi connectivity index (χ2v) is 7.33. The Labute approximate surface area is 177 Å². The molecule has 1 saturated heterocycles. The number of aromatic nitrogens is 5. The second kappa shape index (κ2) is 9.03. The number of piperidine rings is 1. The molecule has 0 spiro atoms. The van der Waals surface area contributed by atoms with Crippen molar-refractivity contribution in [1.29, 1.82) is 0 Å². The summed E-state index contributed by atoms with van der Waals surface area (Å²) in [6, 6.07) is 0.422. The first-order valence-electron chi connectivity index (χ1n) is 9.60. The summed E-state index contributed by atoms with van der Waals surface area (Å²) >= 11 is 0. The molecule has 2 unspecified atom stereocenters. The van der Waals surface area contributed by atoms with Crippen LogP contribution < -0.4 is 5.32 Å². The number of aryl methyl sites for hydroxylation is 1. The number of likely N-dealkylation sites (tertiary alicyclic amines) is 1. The van der Waals surface area contributed by atoms with Gasteiger partial charge in [-0.15, -0.1) is 34.2 Å². The van der Waals surface area contributed by atoms with Gasteiger partial charge in [-0.2, -0.15) is 0 Å². The van der Waals surface area contributed by atoms with Gasteiger partial charge in [0.1, 0.15) is 5.82 Å². The van der Waals surface area contributed by atoms with E-state index < -0.39 is 0 Å². The quantitative estimate of drug-likeness (QED) is 0.410. The van der Waals surface area contributed by atoms with Crippen LogP contribution in [0.2, 0.25) is 0 Å². The van der Waals surface area contributed by atoms with Gasteiger partial charge >= 0.3 is 0 Å². The first kappa shape index (κ1) is 20.1. The largest absolute Gasteiger partial charge is 0.349 e. The van der Waals surface area contributed by atoms with Crippen molar-refractivity contribution in [3.8, 4) is 0 Å². The number of rotatable bonds is 3. The molecular formula is C18H29IN8. The zero-order valence-electron chi connectivity index (χ0n) is 16.1. The number of aliphatic imine (C=N–C) groups is 1. The van der Waals surface area contributed by atoms with E-state index >= 15 is 0 Å². The number of hydrogen-bond acceptors (Lipinski definition) is 4. The van der Waals surface area contributed by atoms with E-state index in [1.54, 1.807) is 0 Å². The van der Waals surface area contributed by atoms with Gasteiger partial charge in [0.2, 0.25) is 0 Å². The average Bonchev–Trinajstić information content (AvgIpc) is 3.33. The van der Waals surface area contributed by atoms with Crippen LogP contribution in [0.3, 0.4) is 0 Å². The summed E-state index contributed by atoms with van der Waals surface area (Å²) in [5, 5.41) is 12.2. The van der Waals surface area contributed by atoms with Crippen LogP contribution >= 0.6 is 24.0 Å². The van der Waals surface area contributed by atoms with Crippen molar-refractivity contribution in [1.82, 2.24) is 34.5 Å². The van der Waals surface area contributed by atoms with Gasteiger partial charge in [0, 0.05) is 45.5 Å². The Hall–Kier alpha value is -1.65. The van der Waals surface area contributed by atoms with E-state index in [0.29, 0.717) is 18.5 Å². The van der Waals surface area contributed by atoms with Crippen LogP contribution in [0.15, 0.2) is 23.7 Å². The van der Waals surface area contributed by atoms with E-state index in [2.05, 4.69) is 52.6 Å². The molecule has 0 radical (unpaired) electrons. The molecular weight excluding hydrogens is 455 g/mol. The van der Waals surface area contributed by atoms with Gasteiger partial charge in [-0.25, -0.2) is 4.98 Å².